The Morgan fingerprint density at radius 2 is 1.64 bits per heavy atom. The zero-order chi connectivity index (χ0) is 46.2. The summed E-state index contributed by atoms with van der Waals surface area (Å²) < 4.78 is 33.3. The monoisotopic (exact) mass is 881 g/mol. The number of carboxylic acids is 1. The van der Waals surface area contributed by atoms with Crippen LogP contribution in [0.15, 0.2) is 60.8 Å². The highest BCUT2D eigenvalue weighted by Gasteiger charge is 2.53. The number of anilines is 1. The highest BCUT2D eigenvalue weighted by Crippen LogP contribution is 2.47. The summed E-state index contributed by atoms with van der Waals surface area (Å²) in [5, 5.41) is 14.6. The maximum atomic E-state index is 14.4. The van der Waals surface area contributed by atoms with Crippen LogP contribution in [-0.4, -0.2) is 114 Å². The summed E-state index contributed by atoms with van der Waals surface area (Å²) in [7, 11) is 0.995. The number of methoxy groups -OCH3 is 1. The second-order valence-electron chi connectivity index (χ2n) is 20.1. The lowest BCUT2D eigenvalue weighted by Gasteiger charge is -2.44. The van der Waals surface area contributed by atoms with Gasteiger partial charge < -0.3 is 43.0 Å². The van der Waals surface area contributed by atoms with E-state index in [2.05, 4.69) is 58.9 Å². The van der Waals surface area contributed by atoms with Gasteiger partial charge in [0.2, 0.25) is 0 Å². The van der Waals surface area contributed by atoms with Crippen molar-refractivity contribution in [1.82, 2.24) is 24.9 Å². The molecule has 0 spiro atoms. The standard InChI is InChI=1S/C49H69BN6O8/c1-33(2)61-27-26-56-40-19-18-36(50-63-47(7,8)48(9,10)64-50)28-38(40)41(49(44(57)58)20-15-21-55(52-49)32-46(4,5)6)43(56)39-29-37(30-51-42(39)34(3)60-11)53-22-24-54(25-23-53)45(59)62-31-35-16-13-12-14-17-35/h12-14,16-19,28-30,33-34,52H,15,20-27,31-32H2,1-11H3,(H,57,58)/t34-,49?/m0/s1. The molecule has 64 heavy (non-hydrogen) atoms. The number of ether oxygens (including phenoxy) is 3. The third-order valence-electron chi connectivity index (χ3n) is 13.2. The topological polar surface area (TPSA) is 140 Å². The van der Waals surface area contributed by atoms with Crippen LogP contribution in [0, 0.1) is 5.41 Å². The third-order valence-corrected chi connectivity index (χ3v) is 13.2. The van der Waals surface area contributed by atoms with E-state index in [-0.39, 0.29) is 24.2 Å². The van der Waals surface area contributed by atoms with E-state index in [1.165, 1.54) is 0 Å². The molecular formula is C49H69BN6O8. The van der Waals surface area contributed by atoms with Crippen molar-refractivity contribution < 1.29 is 38.2 Å². The first-order chi connectivity index (χ1) is 30.2. The molecule has 1 unspecified atom stereocenters. The molecule has 14 nitrogen and oxygen atoms in total. The minimum atomic E-state index is -1.54. The Kier molecular flexibility index (Phi) is 13.9. The number of carboxylic acid groups (broad SMARTS) is 1. The van der Waals surface area contributed by atoms with E-state index in [1.54, 1.807) is 12.0 Å². The number of aromatic nitrogens is 2. The van der Waals surface area contributed by atoms with Gasteiger partial charge in [0.15, 0.2) is 5.54 Å². The van der Waals surface area contributed by atoms with Gasteiger partial charge in [-0.3, -0.25) is 4.98 Å². The number of hydrogen-bond donors (Lipinski definition) is 2. The third kappa shape index (κ3) is 9.85. The van der Waals surface area contributed by atoms with Crippen LogP contribution in [-0.2, 0) is 47.0 Å². The summed E-state index contributed by atoms with van der Waals surface area (Å²) in [5.41, 5.74) is 7.11. The van der Waals surface area contributed by atoms with Crippen molar-refractivity contribution in [3.8, 4) is 11.3 Å². The molecule has 2 aromatic carbocycles. The first-order valence-corrected chi connectivity index (χ1v) is 22.9. The first kappa shape index (κ1) is 47.5. The molecule has 0 radical (unpaired) electrons. The van der Waals surface area contributed by atoms with E-state index >= 15 is 0 Å². The Morgan fingerprint density at radius 3 is 2.27 bits per heavy atom. The minimum absolute atomic E-state index is 0.0144. The average Bonchev–Trinajstić information content (AvgIpc) is 3.69. The van der Waals surface area contributed by atoms with Gasteiger partial charge in [0.05, 0.1) is 53.3 Å². The van der Waals surface area contributed by atoms with Crippen molar-refractivity contribution in [2.75, 3.05) is 57.9 Å². The smallest absolute Gasteiger partial charge is 0.480 e. The van der Waals surface area contributed by atoms with Crippen molar-refractivity contribution in [1.29, 1.82) is 0 Å². The molecule has 3 fully saturated rings. The number of carbonyl (C=O) groups is 2. The molecule has 2 N–H and O–H groups in total. The van der Waals surface area contributed by atoms with Crippen molar-refractivity contribution in [3.05, 3.63) is 77.6 Å². The fourth-order valence-corrected chi connectivity index (χ4v) is 9.09. The van der Waals surface area contributed by atoms with Gasteiger partial charge in [0.25, 0.3) is 0 Å². The molecule has 4 aromatic rings. The van der Waals surface area contributed by atoms with Crippen molar-refractivity contribution in [2.24, 2.45) is 5.41 Å². The lowest BCUT2D eigenvalue weighted by molar-refractivity contribution is -0.151. The molecule has 0 aliphatic carbocycles. The number of aliphatic carboxylic acids is 1. The summed E-state index contributed by atoms with van der Waals surface area (Å²) in [5.74, 6) is -0.966. The number of pyridine rings is 1. The molecule has 3 aliphatic heterocycles. The van der Waals surface area contributed by atoms with Gasteiger partial charge in [-0.15, -0.1) is 0 Å². The van der Waals surface area contributed by atoms with E-state index in [9.17, 15) is 14.7 Å². The number of nitrogens with one attached hydrogen (secondary N) is 1. The van der Waals surface area contributed by atoms with E-state index in [4.69, 9.17) is 28.5 Å². The van der Waals surface area contributed by atoms with E-state index < -0.39 is 35.9 Å². The molecule has 3 aliphatic rings. The van der Waals surface area contributed by atoms with Crippen molar-refractivity contribution in [2.45, 2.75) is 124 Å². The zero-order valence-electron chi connectivity index (χ0n) is 39.8. The first-order valence-electron chi connectivity index (χ1n) is 22.9. The average molecular weight is 881 g/mol. The molecule has 15 heteroatoms. The molecule has 3 saturated heterocycles. The van der Waals surface area contributed by atoms with Gasteiger partial charge in [-0.1, -0.05) is 63.2 Å². The summed E-state index contributed by atoms with van der Waals surface area (Å²) in [6.45, 7) is 25.1. The number of amides is 1. The number of nitrogens with zero attached hydrogens (tertiary/aromatic N) is 5. The van der Waals surface area contributed by atoms with Crippen LogP contribution in [0.1, 0.15) is 105 Å². The number of benzene rings is 2. The maximum Gasteiger partial charge on any atom is 0.494 e. The molecule has 7 rings (SSSR count). The number of carbonyl (C=O) groups excluding carboxylic acids is 1. The zero-order valence-corrected chi connectivity index (χ0v) is 39.8. The molecular weight excluding hydrogens is 811 g/mol. The molecule has 0 bridgehead atoms. The lowest BCUT2D eigenvalue weighted by atomic mass is 9.76. The van der Waals surface area contributed by atoms with Gasteiger partial charge in [-0.25, -0.2) is 20.0 Å². The fraction of sp³-hybridized carbons (Fsp3) is 0.571. The molecule has 1 amide bonds. The van der Waals surface area contributed by atoms with Crippen LogP contribution in [0.4, 0.5) is 10.5 Å². The van der Waals surface area contributed by atoms with E-state index in [0.29, 0.717) is 76.5 Å². The van der Waals surface area contributed by atoms with Crippen LogP contribution in [0.3, 0.4) is 0 Å². The fourth-order valence-electron chi connectivity index (χ4n) is 9.09. The number of fused-ring (bicyclic) bond motifs is 1. The number of hydrazine groups is 1. The lowest BCUT2D eigenvalue weighted by Crippen LogP contribution is -2.61. The molecule has 346 valence electrons. The van der Waals surface area contributed by atoms with Gasteiger partial charge >= 0.3 is 19.2 Å². The quantitative estimate of drug-likeness (QED) is 0.121. The second-order valence-corrected chi connectivity index (χ2v) is 20.1. The van der Waals surface area contributed by atoms with Crippen molar-refractivity contribution >= 4 is 41.2 Å². The predicted octanol–water partition coefficient (Wildman–Crippen LogP) is 7.52. The van der Waals surface area contributed by atoms with E-state index in [1.807, 2.05) is 91.1 Å². The van der Waals surface area contributed by atoms with E-state index in [0.717, 1.165) is 38.9 Å². The van der Waals surface area contributed by atoms with Crippen LogP contribution in [0.5, 0.6) is 0 Å². The van der Waals surface area contributed by atoms with Crippen molar-refractivity contribution in [3.63, 3.8) is 0 Å². The minimum Gasteiger partial charge on any atom is -0.480 e. The van der Waals surface area contributed by atoms with Gasteiger partial charge in [0, 0.05) is 75.0 Å². The van der Waals surface area contributed by atoms with Gasteiger partial charge in [-0.2, -0.15) is 0 Å². The van der Waals surface area contributed by atoms with Crippen LogP contribution in [0.25, 0.3) is 22.2 Å². The van der Waals surface area contributed by atoms with Gasteiger partial charge in [0.1, 0.15) is 6.61 Å². The predicted molar refractivity (Wildman–Crippen MR) is 251 cm³/mol. The van der Waals surface area contributed by atoms with Crippen LogP contribution in [0.2, 0.25) is 0 Å². The Hall–Kier alpha value is -4.51. The van der Waals surface area contributed by atoms with Gasteiger partial charge in [-0.05, 0) is 89.9 Å². The SMILES string of the molecule is CO[C@@H](C)c1ncc(N2CCN(C(=O)OCc3ccccc3)CC2)cc1-c1c(C2(C(=O)O)CCCN(CC(C)(C)C)N2)c2cc(B3OC(C)(C)C(C)(C)O3)ccc2n1CCOC(C)C. The highest BCUT2D eigenvalue weighted by molar-refractivity contribution is 6.62. The summed E-state index contributed by atoms with van der Waals surface area (Å²) >= 11 is 0. The summed E-state index contributed by atoms with van der Waals surface area (Å²) in [4.78, 5) is 36.7. The maximum absolute atomic E-state index is 14.4. The number of piperazine rings is 1. The highest BCUT2D eigenvalue weighted by atomic mass is 16.7. The largest absolute Gasteiger partial charge is 0.494 e. The molecule has 2 aromatic heterocycles. The Balaban J connectivity index is 1.39. The Bertz CT molecular complexity index is 2270. The molecule has 2 atom stereocenters. The summed E-state index contributed by atoms with van der Waals surface area (Å²) in [6.07, 6.45) is 2.07. The summed E-state index contributed by atoms with van der Waals surface area (Å²) in [6, 6.07) is 18.0. The van der Waals surface area contributed by atoms with Crippen LogP contribution < -0.4 is 15.8 Å². The second kappa shape index (κ2) is 18.8. The Morgan fingerprint density at radius 1 is 0.953 bits per heavy atom. The molecule has 5 heterocycles. The van der Waals surface area contributed by atoms with Crippen LogP contribution >= 0.6 is 0 Å². The molecule has 0 saturated carbocycles. The Labute approximate surface area is 379 Å². The number of hydrogen-bond acceptors (Lipinski definition) is 11. The normalized spacial score (nSPS) is 20.9. The number of rotatable bonds is 14.